The third-order valence-corrected chi connectivity index (χ3v) is 5.68. The minimum absolute atomic E-state index is 0.0134. The van der Waals surface area contributed by atoms with Gasteiger partial charge in [-0.25, -0.2) is 4.79 Å². The summed E-state index contributed by atoms with van der Waals surface area (Å²) >= 11 is 4.32. The number of Topliss-reactive ketones (excluding diaryl/α,β-unsaturated/α-hetero) is 1. The van der Waals surface area contributed by atoms with Gasteiger partial charge in [0.2, 0.25) is 5.91 Å². The van der Waals surface area contributed by atoms with E-state index in [4.69, 9.17) is 0 Å². The molecule has 0 spiro atoms. The van der Waals surface area contributed by atoms with Gasteiger partial charge in [-0.15, -0.1) is 0 Å². The first-order valence-electron chi connectivity index (χ1n) is 9.40. The van der Waals surface area contributed by atoms with Crippen molar-refractivity contribution in [1.29, 1.82) is 0 Å². The Hall–Kier alpha value is -2.80. The van der Waals surface area contributed by atoms with Crippen molar-refractivity contribution < 1.29 is 24.6 Å². The molecule has 0 aromatic heterocycles. The van der Waals surface area contributed by atoms with Crippen LogP contribution in [0.25, 0.3) is 0 Å². The number of thiol groups is 1. The number of nitrogens with zero attached hydrogens (tertiary/aromatic N) is 1. The molecule has 0 saturated carbocycles. The maximum Gasteiger partial charge on any atom is 0.326 e. The van der Waals surface area contributed by atoms with Gasteiger partial charge in [0.25, 0.3) is 0 Å². The zero-order chi connectivity index (χ0) is 21.1. The number of aryl methyl sites for hydroxylation is 1. The Morgan fingerprint density at radius 1 is 1.10 bits per heavy atom. The Balaban J connectivity index is 1.81. The lowest BCUT2D eigenvalue weighted by Gasteiger charge is -2.29. The van der Waals surface area contributed by atoms with E-state index < -0.39 is 29.2 Å². The van der Waals surface area contributed by atoms with E-state index in [2.05, 4.69) is 12.6 Å². The number of aromatic hydroxyl groups is 1. The molecule has 7 heteroatoms. The number of likely N-dealkylation sites (tertiary alicyclic amines) is 1. The van der Waals surface area contributed by atoms with Gasteiger partial charge in [0.1, 0.15) is 11.8 Å². The van der Waals surface area contributed by atoms with E-state index in [9.17, 15) is 24.6 Å². The molecule has 1 aliphatic rings. The maximum atomic E-state index is 13.0. The lowest BCUT2D eigenvalue weighted by molar-refractivity contribution is -0.149. The minimum atomic E-state index is -1.10. The zero-order valence-corrected chi connectivity index (χ0v) is 16.9. The fraction of sp³-hybridized carbons (Fsp3) is 0.318. The molecule has 2 aromatic rings. The number of phenolic OH excluding ortho intramolecular Hbond substituents is 1. The molecule has 0 bridgehead atoms. The van der Waals surface area contributed by atoms with Crippen LogP contribution in [0, 0.1) is 6.92 Å². The number of aliphatic carboxylic acids is 1. The second-order valence-electron chi connectivity index (χ2n) is 7.26. The van der Waals surface area contributed by atoms with Gasteiger partial charge < -0.3 is 15.1 Å². The molecule has 1 saturated heterocycles. The van der Waals surface area contributed by atoms with Gasteiger partial charge in [0, 0.05) is 17.5 Å². The van der Waals surface area contributed by atoms with Gasteiger partial charge in [-0.2, -0.15) is 12.6 Å². The molecule has 3 atom stereocenters. The average molecular weight is 413 g/mol. The summed E-state index contributed by atoms with van der Waals surface area (Å²) in [5, 5.41) is 18.9. The van der Waals surface area contributed by atoms with E-state index in [1.54, 1.807) is 30.3 Å². The molecule has 152 valence electrons. The fourth-order valence-electron chi connectivity index (χ4n) is 3.75. The molecule has 0 radical (unpaired) electrons. The fourth-order valence-corrected chi connectivity index (χ4v) is 4.05. The van der Waals surface area contributed by atoms with Crippen molar-refractivity contribution in [2.24, 2.45) is 0 Å². The Labute approximate surface area is 174 Å². The highest BCUT2D eigenvalue weighted by atomic mass is 32.1. The molecule has 1 fully saturated rings. The van der Waals surface area contributed by atoms with E-state index in [0.717, 1.165) is 5.56 Å². The smallest absolute Gasteiger partial charge is 0.326 e. The second-order valence-corrected chi connectivity index (χ2v) is 7.88. The molecular formula is C22H23NO5S. The van der Waals surface area contributed by atoms with Crippen molar-refractivity contribution in [3.05, 3.63) is 65.2 Å². The topological polar surface area (TPSA) is 94.9 Å². The Kier molecular flexibility index (Phi) is 6.27. The molecule has 29 heavy (non-hydrogen) atoms. The van der Waals surface area contributed by atoms with Crippen LogP contribution < -0.4 is 0 Å². The number of para-hydroxylation sites is 1. The number of carboxylic acid groups (broad SMARTS) is 1. The minimum Gasteiger partial charge on any atom is -0.508 e. The summed E-state index contributed by atoms with van der Waals surface area (Å²) < 4.78 is 0. The third kappa shape index (κ3) is 4.45. The summed E-state index contributed by atoms with van der Waals surface area (Å²) in [6.45, 7) is 1.91. The van der Waals surface area contributed by atoms with Crippen LogP contribution in [0.4, 0.5) is 0 Å². The van der Waals surface area contributed by atoms with Gasteiger partial charge >= 0.3 is 5.97 Å². The SMILES string of the molecule is Cc1ccc(C(=O)C(S)CC(=O)N2C(C(=O)O)CCC2c2ccccc2O)cc1. The van der Waals surface area contributed by atoms with Crippen molar-refractivity contribution in [3.8, 4) is 5.75 Å². The standard InChI is InChI=1S/C22H23NO5S/c1-13-6-8-14(9-7-13)21(26)19(29)12-20(25)23-16(10-11-17(23)22(27)28)15-4-2-3-5-18(15)24/h2-9,16-17,19,24,29H,10-12H2,1H3,(H,27,28). The Bertz CT molecular complexity index is 927. The number of amides is 1. The number of hydrogen-bond donors (Lipinski definition) is 3. The van der Waals surface area contributed by atoms with Crippen molar-refractivity contribution in [1.82, 2.24) is 4.90 Å². The molecule has 3 rings (SSSR count). The molecule has 1 heterocycles. The summed E-state index contributed by atoms with van der Waals surface area (Å²) in [6.07, 6.45) is 0.482. The van der Waals surface area contributed by atoms with Crippen molar-refractivity contribution in [2.45, 2.75) is 43.5 Å². The van der Waals surface area contributed by atoms with Gasteiger partial charge in [0.15, 0.2) is 5.78 Å². The number of rotatable bonds is 6. The number of phenols is 1. The number of hydrogen-bond acceptors (Lipinski definition) is 5. The lowest BCUT2D eigenvalue weighted by atomic mass is 10.0. The molecule has 2 N–H and O–H groups in total. The number of carbonyl (C=O) groups is 3. The number of carbonyl (C=O) groups excluding carboxylic acids is 2. The van der Waals surface area contributed by atoms with Crippen molar-refractivity contribution in [3.63, 3.8) is 0 Å². The van der Waals surface area contributed by atoms with Gasteiger partial charge in [-0.05, 0) is 25.8 Å². The summed E-state index contributed by atoms with van der Waals surface area (Å²) in [6, 6.07) is 12.0. The van der Waals surface area contributed by atoms with Crippen LogP contribution in [0.15, 0.2) is 48.5 Å². The van der Waals surface area contributed by atoms with Gasteiger partial charge in [-0.1, -0.05) is 48.0 Å². The second kappa shape index (κ2) is 8.69. The van der Waals surface area contributed by atoms with Crippen LogP contribution in [0.1, 0.15) is 46.8 Å². The first-order valence-corrected chi connectivity index (χ1v) is 9.92. The van der Waals surface area contributed by atoms with Crippen LogP contribution in [0.2, 0.25) is 0 Å². The molecule has 3 unspecified atom stereocenters. The molecule has 1 aliphatic heterocycles. The third-order valence-electron chi connectivity index (χ3n) is 5.26. The Morgan fingerprint density at radius 3 is 2.38 bits per heavy atom. The molecule has 0 aliphatic carbocycles. The number of benzene rings is 2. The monoisotopic (exact) mass is 413 g/mol. The summed E-state index contributed by atoms with van der Waals surface area (Å²) in [5.41, 5.74) is 1.97. The van der Waals surface area contributed by atoms with Crippen LogP contribution in [0.3, 0.4) is 0 Å². The number of carboxylic acids is 1. The highest BCUT2D eigenvalue weighted by Gasteiger charge is 2.43. The summed E-state index contributed by atoms with van der Waals surface area (Å²) in [4.78, 5) is 38.6. The highest BCUT2D eigenvalue weighted by Crippen LogP contribution is 2.40. The average Bonchev–Trinajstić information content (AvgIpc) is 3.13. The van der Waals surface area contributed by atoms with E-state index in [1.807, 2.05) is 19.1 Å². The van der Waals surface area contributed by atoms with Crippen LogP contribution in [-0.4, -0.2) is 44.1 Å². The molecular weight excluding hydrogens is 390 g/mol. The first-order chi connectivity index (χ1) is 13.8. The molecule has 2 aromatic carbocycles. The predicted molar refractivity (Wildman–Crippen MR) is 111 cm³/mol. The molecule has 1 amide bonds. The summed E-state index contributed by atoms with van der Waals surface area (Å²) in [7, 11) is 0. The van der Waals surface area contributed by atoms with Crippen LogP contribution in [0.5, 0.6) is 5.75 Å². The van der Waals surface area contributed by atoms with Crippen LogP contribution in [-0.2, 0) is 9.59 Å². The normalized spacial score (nSPS) is 19.7. The lowest BCUT2D eigenvalue weighted by Crippen LogP contribution is -2.43. The maximum absolute atomic E-state index is 13.0. The Morgan fingerprint density at radius 2 is 1.76 bits per heavy atom. The highest BCUT2D eigenvalue weighted by molar-refractivity contribution is 7.81. The molecule has 6 nitrogen and oxygen atoms in total. The number of ketones is 1. The quantitative estimate of drug-likeness (QED) is 0.498. The van der Waals surface area contributed by atoms with Crippen molar-refractivity contribution >= 4 is 30.3 Å². The predicted octanol–water partition coefficient (Wildman–Crippen LogP) is 3.39. The zero-order valence-electron chi connectivity index (χ0n) is 16.0. The summed E-state index contributed by atoms with van der Waals surface area (Å²) in [5.74, 6) is -1.84. The van der Waals surface area contributed by atoms with Gasteiger partial charge in [-0.3, -0.25) is 9.59 Å². The van der Waals surface area contributed by atoms with E-state index >= 15 is 0 Å². The van der Waals surface area contributed by atoms with Crippen LogP contribution >= 0.6 is 12.6 Å². The van der Waals surface area contributed by atoms with E-state index in [-0.39, 0.29) is 24.4 Å². The van der Waals surface area contributed by atoms with E-state index in [1.165, 1.54) is 11.0 Å². The van der Waals surface area contributed by atoms with E-state index in [0.29, 0.717) is 17.5 Å². The first kappa shape index (κ1) is 20.9. The largest absolute Gasteiger partial charge is 0.508 e. The van der Waals surface area contributed by atoms with Crippen molar-refractivity contribution in [2.75, 3.05) is 0 Å². The van der Waals surface area contributed by atoms with Gasteiger partial charge in [0.05, 0.1) is 11.3 Å².